The number of rotatable bonds is 6. The normalized spacial score (nSPS) is 11.3. The van der Waals surface area contributed by atoms with Crippen molar-refractivity contribution >= 4 is 29.9 Å². The number of hydrogen-bond acceptors (Lipinski definition) is 3. The first-order chi connectivity index (χ1) is 8.13. The number of ether oxygens (including phenoxy) is 1. The van der Waals surface area contributed by atoms with Gasteiger partial charge in [0.15, 0.2) is 0 Å². The number of carbonyl (C=O) groups is 1. The fourth-order valence-corrected chi connectivity index (χ4v) is 1.41. The topological polar surface area (TPSA) is 64.3 Å². The van der Waals surface area contributed by atoms with Crippen molar-refractivity contribution < 1.29 is 9.53 Å². The summed E-state index contributed by atoms with van der Waals surface area (Å²) in [5, 5.41) is 3.30. The molecular formula is C12H18Cl2N2O2. The van der Waals surface area contributed by atoms with E-state index < -0.39 is 0 Å². The van der Waals surface area contributed by atoms with Crippen molar-refractivity contribution in [3.8, 4) is 5.75 Å². The van der Waals surface area contributed by atoms with Gasteiger partial charge in [-0.15, -0.1) is 12.4 Å². The lowest BCUT2D eigenvalue weighted by Crippen LogP contribution is -2.38. The average molecular weight is 293 g/mol. The number of carbonyl (C=O) groups excluding carboxylic acids is 1. The van der Waals surface area contributed by atoms with Crippen molar-refractivity contribution in [3.63, 3.8) is 0 Å². The second-order valence-electron chi connectivity index (χ2n) is 3.73. The maximum absolute atomic E-state index is 11.4. The molecule has 1 atom stereocenters. The smallest absolute Gasteiger partial charge is 0.223 e. The Hall–Kier alpha value is -0.970. The third kappa shape index (κ3) is 6.10. The summed E-state index contributed by atoms with van der Waals surface area (Å²) in [6.45, 7) is 2.58. The highest BCUT2D eigenvalue weighted by Crippen LogP contribution is 2.22. The molecule has 1 aromatic rings. The van der Waals surface area contributed by atoms with Gasteiger partial charge in [0.1, 0.15) is 5.75 Å². The second-order valence-corrected chi connectivity index (χ2v) is 4.14. The summed E-state index contributed by atoms with van der Waals surface area (Å²) >= 11 is 5.90. The van der Waals surface area contributed by atoms with E-state index in [4.69, 9.17) is 22.1 Å². The van der Waals surface area contributed by atoms with Crippen LogP contribution in [0.3, 0.4) is 0 Å². The molecule has 1 amide bonds. The van der Waals surface area contributed by atoms with E-state index in [1.54, 1.807) is 12.1 Å². The Kier molecular flexibility index (Phi) is 8.54. The molecule has 6 heteroatoms. The molecule has 3 N–H and O–H groups in total. The van der Waals surface area contributed by atoms with Crippen LogP contribution in [0.2, 0.25) is 5.02 Å². The van der Waals surface area contributed by atoms with E-state index in [1.165, 1.54) is 0 Å². The van der Waals surface area contributed by atoms with Crippen molar-refractivity contribution in [2.45, 2.75) is 19.4 Å². The number of amides is 1. The monoisotopic (exact) mass is 292 g/mol. The van der Waals surface area contributed by atoms with E-state index in [0.717, 1.165) is 0 Å². The molecule has 0 unspecified atom stereocenters. The average Bonchev–Trinajstić information content (AvgIpc) is 2.31. The standard InChI is InChI=1S/C12H17ClN2O2.ClH/c1-9(8-14)15-12(16)6-7-17-11-5-3-2-4-10(11)13;/h2-5,9H,6-8,14H2,1H3,(H,15,16);1H/t9-;/m0./s1. The Labute approximate surface area is 118 Å². The minimum atomic E-state index is -0.0741. The first-order valence-corrected chi connectivity index (χ1v) is 5.88. The number of nitrogens with one attached hydrogen (secondary N) is 1. The van der Waals surface area contributed by atoms with Gasteiger partial charge in [0, 0.05) is 12.6 Å². The lowest BCUT2D eigenvalue weighted by molar-refractivity contribution is -0.122. The zero-order valence-corrected chi connectivity index (χ0v) is 11.8. The molecule has 0 bridgehead atoms. The highest BCUT2D eigenvalue weighted by atomic mass is 35.5. The number of halogens is 2. The van der Waals surface area contributed by atoms with Gasteiger partial charge in [0.2, 0.25) is 5.91 Å². The molecule has 1 rings (SSSR count). The zero-order chi connectivity index (χ0) is 12.7. The Bertz CT molecular complexity index is 375. The first-order valence-electron chi connectivity index (χ1n) is 5.50. The largest absolute Gasteiger partial charge is 0.491 e. The summed E-state index contributed by atoms with van der Waals surface area (Å²) in [7, 11) is 0. The Morgan fingerprint density at radius 1 is 1.50 bits per heavy atom. The van der Waals surface area contributed by atoms with Crippen LogP contribution in [0.15, 0.2) is 24.3 Å². The zero-order valence-electron chi connectivity index (χ0n) is 10.2. The third-order valence-electron chi connectivity index (χ3n) is 2.18. The van der Waals surface area contributed by atoms with Crippen LogP contribution in [0, 0.1) is 0 Å². The number of nitrogens with two attached hydrogens (primary N) is 1. The molecule has 0 aliphatic carbocycles. The highest BCUT2D eigenvalue weighted by molar-refractivity contribution is 6.32. The van der Waals surface area contributed by atoms with E-state index in [2.05, 4.69) is 5.32 Å². The predicted octanol–water partition coefficient (Wildman–Crippen LogP) is 1.99. The van der Waals surface area contributed by atoms with Crippen LogP contribution in [0.1, 0.15) is 13.3 Å². The van der Waals surface area contributed by atoms with Crippen LogP contribution in [0.5, 0.6) is 5.75 Å². The van der Waals surface area contributed by atoms with E-state index in [9.17, 15) is 4.79 Å². The summed E-state index contributed by atoms with van der Waals surface area (Å²) in [5.74, 6) is 0.517. The van der Waals surface area contributed by atoms with Crippen LogP contribution in [0.4, 0.5) is 0 Å². The fourth-order valence-electron chi connectivity index (χ4n) is 1.22. The minimum absolute atomic E-state index is 0. The lowest BCUT2D eigenvalue weighted by atomic mass is 10.3. The third-order valence-corrected chi connectivity index (χ3v) is 2.50. The Morgan fingerprint density at radius 2 is 2.17 bits per heavy atom. The van der Waals surface area contributed by atoms with Crippen LogP contribution >= 0.6 is 24.0 Å². The van der Waals surface area contributed by atoms with Gasteiger partial charge in [-0.05, 0) is 19.1 Å². The van der Waals surface area contributed by atoms with Crippen molar-refractivity contribution in [3.05, 3.63) is 29.3 Å². The SMILES string of the molecule is C[C@@H](CN)NC(=O)CCOc1ccccc1Cl.Cl. The Balaban J connectivity index is 0.00000289. The van der Waals surface area contributed by atoms with Crippen molar-refractivity contribution in [1.82, 2.24) is 5.32 Å². The quantitative estimate of drug-likeness (QED) is 0.843. The van der Waals surface area contributed by atoms with Gasteiger partial charge in [0.05, 0.1) is 18.1 Å². The molecular weight excluding hydrogens is 275 g/mol. The van der Waals surface area contributed by atoms with Crippen LogP contribution < -0.4 is 15.8 Å². The molecule has 0 aliphatic rings. The molecule has 0 saturated carbocycles. The van der Waals surface area contributed by atoms with Gasteiger partial charge < -0.3 is 15.8 Å². The summed E-state index contributed by atoms with van der Waals surface area (Å²) in [6.07, 6.45) is 0.287. The number of benzene rings is 1. The van der Waals surface area contributed by atoms with Crippen molar-refractivity contribution in [2.24, 2.45) is 5.73 Å². The molecule has 18 heavy (non-hydrogen) atoms. The molecule has 0 heterocycles. The van der Waals surface area contributed by atoms with Crippen LogP contribution in [-0.2, 0) is 4.79 Å². The van der Waals surface area contributed by atoms with Gasteiger partial charge >= 0.3 is 0 Å². The maximum atomic E-state index is 11.4. The molecule has 0 aliphatic heterocycles. The van der Waals surface area contributed by atoms with Crippen LogP contribution in [0.25, 0.3) is 0 Å². The molecule has 4 nitrogen and oxygen atoms in total. The second kappa shape index (κ2) is 9.03. The van der Waals surface area contributed by atoms with E-state index in [-0.39, 0.29) is 30.8 Å². The predicted molar refractivity (Wildman–Crippen MR) is 75.5 cm³/mol. The first kappa shape index (κ1) is 17.0. The lowest BCUT2D eigenvalue weighted by Gasteiger charge is -2.12. The fraction of sp³-hybridized carbons (Fsp3) is 0.417. The molecule has 0 spiro atoms. The van der Waals surface area contributed by atoms with Gasteiger partial charge in [-0.3, -0.25) is 4.79 Å². The van der Waals surface area contributed by atoms with Crippen molar-refractivity contribution in [2.75, 3.05) is 13.2 Å². The highest BCUT2D eigenvalue weighted by Gasteiger charge is 2.06. The summed E-state index contributed by atoms with van der Waals surface area (Å²) < 4.78 is 5.40. The molecule has 0 saturated heterocycles. The number of hydrogen-bond donors (Lipinski definition) is 2. The van der Waals surface area contributed by atoms with Crippen LogP contribution in [-0.4, -0.2) is 25.1 Å². The maximum Gasteiger partial charge on any atom is 0.223 e. The van der Waals surface area contributed by atoms with Gasteiger partial charge in [-0.2, -0.15) is 0 Å². The van der Waals surface area contributed by atoms with Gasteiger partial charge in [-0.25, -0.2) is 0 Å². The summed E-state index contributed by atoms with van der Waals surface area (Å²) in [5.41, 5.74) is 5.40. The van der Waals surface area contributed by atoms with E-state index in [1.807, 2.05) is 19.1 Å². The summed E-state index contributed by atoms with van der Waals surface area (Å²) in [6, 6.07) is 7.15. The molecule has 0 fully saturated rings. The van der Waals surface area contributed by atoms with E-state index in [0.29, 0.717) is 23.9 Å². The summed E-state index contributed by atoms with van der Waals surface area (Å²) in [4.78, 5) is 11.4. The minimum Gasteiger partial charge on any atom is -0.491 e. The van der Waals surface area contributed by atoms with Crippen molar-refractivity contribution in [1.29, 1.82) is 0 Å². The number of para-hydroxylation sites is 1. The Morgan fingerprint density at radius 3 is 2.78 bits per heavy atom. The van der Waals surface area contributed by atoms with Gasteiger partial charge in [0.25, 0.3) is 0 Å². The van der Waals surface area contributed by atoms with Gasteiger partial charge in [-0.1, -0.05) is 23.7 Å². The molecule has 102 valence electrons. The van der Waals surface area contributed by atoms with E-state index >= 15 is 0 Å². The molecule has 0 aromatic heterocycles. The molecule has 0 radical (unpaired) electrons. The molecule has 1 aromatic carbocycles.